The summed E-state index contributed by atoms with van der Waals surface area (Å²) in [4.78, 5) is 4.19. The van der Waals surface area contributed by atoms with E-state index in [1.807, 2.05) is 24.4 Å². The Balaban J connectivity index is 2.02. The summed E-state index contributed by atoms with van der Waals surface area (Å²) in [7, 11) is 0. The molecule has 0 saturated heterocycles. The summed E-state index contributed by atoms with van der Waals surface area (Å²) in [5, 5.41) is 3.39. The standard InChI is InChI=1S/C13H13BrN2/c1-10-4-2-3-5-12(10)15-8-11-6-7-13(14)16-9-11/h2-7,9,15H,8H2,1H3. The molecule has 0 aliphatic heterocycles. The molecule has 0 aliphatic rings. The van der Waals surface area contributed by atoms with Gasteiger partial charge in [-0.05, 0) is 46.1 Å². The van der Waals surface area contributed by atoms with Crippen LogP contribution >= 0.6 is 15.9 Å². The van der Waals surface area contributed by atoms with Gasteiger partial charge in [0.1, 0.15) is 4.60 Å². The van der Waals surface area contributed by atoms with Crippen LogP contribution in [0.3, 0.4) is 0 Å². The Hall–Kier alpha value is -1.35. The first-order valence-electron chi connectivity index (χ1n) is 5.15. The van der Waals surface area contributed by atoms with E-state index in [0.29, 0.717) is 0 Å². The first-order chi connectivity index (χ1) is 7.75. The molecule has 0 aliphatic carbocycles. The van der Waals surface area contributed by atoms with Crippen LogP contribution < -0.4 is 5.32 Å². The molecule has 0 spiro atoms. The molecular formula is C13H13BrN2. The minimum atomic E-state index is 0.797. The largest absolute Gasteiger partial charge is 0.381 e. The van der Waals surface area contributed by atoms with Gasteiger partial charge < -0.3 is 5.32 Å². The molecule has 0 saturated carbocycles. The fraction of sp³-hybridized carbons (Fsp3) is 0.154. The molecule has 82 valence electrons. The maximum Gasteiger partial charge on any atom is 0.106 e. The predicted molar refractivity (Wildman–Crippen MR) is 70.4 cm³/mol. The maximum absolute atomic E-state index is 4.19. The molecule has 0 unspecified atom stereocenters. The zero-order chi connectivity index (χ0) is 11.4. The number of nitrogens with zero attached hydrogens (tertiary/aromatic N) is 1. The molecule has 0 atom stereocenters. The molecule has 0 radical (unpaired) electrons. The molecule has 0 amide bonds. The van der Waals surface area contributed by atoms with Gasteiger partial charge in [-0.2, -0.15) is 0 Å². The molecule has 1 N–H and O–H groups in total. The summed E-state index contributed by atoms with van der Waals surface area (Å²) in [5.41, 5.74) is 3.60. The van der Waals surface area contributed by atoms with Crippen LogP contribution in [0, 0.1) is 6.92 Å². The molecule has 3 heteroatoms. The van der Waals surface area contributed by atoms with E-state index in [0.717, 1.165) is 11.1 Å². The van der Waals surface area contributed by atoms with Gasteiger partial charge in [0.15, 0.2) is 0 Å². The van der Waals surface area contributed by atoms with Crippen LogP contribution in [0.5, 0.6) is 0 Å². The summed E-state index contributed by atoms with van der Waals surface area (Å²) in [6.45, 7) is 2.90. The second-order valence-corrected chi connectivity index (χ2v) is 4.47. The summed E-state index contributed by atoms with van der Waals surface area (Å²) >= 11 is 3.32. The third-order valence-corrected chi connectivity index (χ3v) is 2.89. The van der Waals surface area contributed by atoms with Crippen molar-refractivity contribution in [1.29, 1.82) is 0 Å². The Kier molecular flexibility index (Phi) is 3.57. The molecular weight excluding hydrogens is 264 g/mol. The number of aromatic nitrogens is 1. The normalized spacial score (nSPS) is 10.1. The number of pyridine rings is 1. The molecule has 2 nitrogen and oxygen atoms in total. The second kappa shape index (κ2) is 5.12. The lowest BCUT2D eigenvalue weighted by atomic mass is 10.2. The van der Waals surface area contributed by atoms with Crippen molar-refractivity contribution in [3.63, 3.8) is 0 Å². The third-order valence-electron chi connectivity index (χ3n) is 2.42. The molecule has 0 bridgehead atoms. The third kappa shape index (κ3) is 2.83. The van der Waals surface area contributed by atoms with E-state index in [1.165, 1.54) is 16.8 Å². The smallest absolute Gasteiger partial charge is 0.106 e. The van der Waals surface area contributed by atoms with Crippen molar-refractivity contribution >= 4 is 21.6 Å². The Morgan fingerprint density at radius 1 is 1.19 bits per heavy atom. The second-order valence-electron chi connectivity index (χ2n) is 3.66. The van der Waals surface area contributed by atoms with E-state index in [1.54, 1.807) is 0 Å². The lowest BCUT2D eigenvalue weighted by molar-refractivity contribution is 1.10. The van der Waals surface area contributed by atoms with Crippen molar-refractivity contribution in [3.8, 4) is 0 Å². The average Bonchev–Trinajstić information content (AvgIpc) is 2.30. The van der Waals surface area contributed by atoms with Crippen LogP contribution in [0.4, 0.5) is 5.69 Å². The quantitative estimate of drug-likeness (QED) is 0.864. The molecule has 1 heterocycles. The summed E-state index contributed by atoms with van der Waals surface area (Å²) in [6, 6.07) is 12.3. The van der Waals surface area contributed by atoms with Crippen molar-refractivity contribution in [2.45, 2.75) is 13.5 Å². The van der Waals surface area contributed by atoms with Gasteiger partial charge in [0.2, 0.25) is 0 Å². The van der Waals surface area contributed by atoms with E-state index < -0.39 is 0 Å². The van der Waals surface area contributed by atoms with Gasteiger partial charge in [-0.15, -0.1) is 0 Å². The Labute approximate surface area is 104 Å². The van der Waals surface area contributed by atoms with E-state index in [2.05, 4.69) is 51.4 Å². The van der Waals surface area contributed by atoms with Gasteiger partial charge in [-0.1, -0.05) is 24.3 Å². The number of nitrogens with one attached hydrogen (secondary N) is 1. The van der Waals surface area contributed by atoms with E-state index in [-0.39, 0.29) is 0 Å². The van der Waals surface area contributed by atoms with Crippen LogP contribution in [0.25, 0.3) is 0 Å². The van der Waals surface area contributed by atoms with Gasteiger partial charge in [0.25, 0.3) is 0 Å². The number of halogens is 1. The number of benzene rings is 1. The Bertz CT molecular complexity index is 466. The van der Waals surface area contributed by atoms with E-state index in [4.69, 9.17) is 0 Å². The monoisotopic (exact) mass is 276 g/mol. The van der Waals surface area contributed by atoms with Crippen molar-refractivity contribution in [2.75, 3.05) is 5.32 Å². The molecule has 1 aromatic carbocycles. The lowest BCUT2D eigenvalue weighted by Gasteiger charge is -2.08. The number of anilines is 1. The van der Waals surface area contributed by atoms with Gasteiger partial charge in [-0.3, -0.25) is 0 Å². The summed E-state index contributed by atoms with van der Waals surface area (Å²) in [6.07, 6.45) is 1.87. The topological polar surface area (TPSA) is 24.9 Å². The minimum absolute atomic E-state index is 0.797. The van der Waals surface area contributed by atoms with E-state index >= 15 is 0 Å². The van der Waals surface area contributed by atoms with Crippen molar-refractivity contribution in [3.05, 3.63) is 58.3 Å². The SMILES string of the molecule is Cc1ccccc1NCc1ccc(Br)nc1. The zero-order valence-corrected chi connectivity index (χ0v) is 10.7. The number of rotatable bonds is 3. The first-order valence-corrected chi connectivity index (χ1v) is 5.95. The Morgan fingerprint density at radius 2 is 2.00 bits per heavy atom. The van der Waals surface area contributed by atoms with Gasteiger partial charge in [0.05, 0.1) is 0 Å². The highest BCUT2D eigenvalue weighted by molar-refractivity contribution is 9.10. The van der Waals surface area contributed by atoms with Crippen LogP contribution in [-0.4, -0.2) is 4.98 Å². The molecule has 2 aromatic rings. The van der Waals surface area contributed by atoms with Gasteiger partial charge in [-0.25, -0.2) is 4.98 Å². The van der Waals surface area contributed by atoms with Gasteiger partial charge >= 0.3 is 0 Å². The van der Waals surface area contributed by atoms with Crippen LogP contribution in [-0.2, 0) is 6.54 Å². The first kappa shape index (κ1) is 11.1. The highest BCUT2D eigenvalue weighted by Gasteiger charge is 1.97. The predicted octanol–water partition coefficient (Wildman–Crippen LogP) is 3.76. The highest BCUT2D eigenvalue weighted by atomic mass is 79.9. The van der Waals surface area contributed by atoms with Crippen LogP contribution in [0.15, 0.2) is 47.2 Å². The summed E-state index contributed by atoms with van der Waals surface area (Å²) < 4.78 is 0.868. The number of hydrogen-bond donors (Lipinski definition) is 1. The average molecular weight is 277 g/mol. The van der Waals surface area contributed by atoms with Crippen molar-refractivity contribution < 1.29 is 0 Å². The highest BCUT2D eigenvalue weighted by Crippen LogP contribution is 2.14. The minimum Gasteiger partial charge on any atom is -0.381 e. The molecule has 2 rings (SSSR count). The molecule has 1 aromatic heterocycles. The van der Waals surface area contributed by atoms with Crippen molar-refractivity contribution in [1.82, 2.24) is 4.98 Å². The molecule has 0 fully saturated rings. The zero-order valence-electron chi connectivity index (χ0n) is 9.07. The Morgan fingerprint density at radius 3 is 2.69 bits per heavy atom. The number of hydrogen-bond acceptors (Lipinski definition) is 2. The fourth-order valence-electron chi connectivity index (χ4n) is 1.48. The number of aryl methyl sites for hydroxylation is 1. The maximum atomic E-state index is 4.19. The van der Waals surface area contributed by atoms with Crippen LogP contribution in [0.1, 0.15) is 11.1 Å². The lowest BCUT2D eigenvalue weighted by Crippen LogP contribution is -2.01. The fourth-order valence-corrected chi connectivity index (χ4v) is 1.71. The molecule has 16 heavy (non-hydrogen) atoms. The van der Waals surface area contributed by atoms with Gasteiger partial charge in [0, 0.05) is 18.4 Å². The van der Waals surface area contributed by atoms with E-state index in [9.17, 15) is 0 Å². The number of para-hydroxylation sites is 1. The van der Waals surface area contributed by atoms with Crippen LogP contribution in [0.2, 0.25) is 0 Å². The van der Waals surface area contributed by atoms with Crippen molar-refractivity contribution in [2.24, 2.45) is 0 Å². The summed E-state index contributed by atoms with van der Waals surface area (Å²) in [5.74, 6) is 0.